The Hall–Kier alpha value is -1.77. The number of Topliss-reactive ketones (excluding diaryl/α,β-unsaturated/α-hetero) is 1. The number of ether oxygens (including phenoxy) is 2. The molecule has 0 bridgehead atoms. The molecule has 1 aromatic rings. The molecule has 0 fully saturated rings. The van der Waals surface area contributed by atoms with Gasteiger partial charge in [0.05, 0.1) is 0 Å². The van der Waals surface area contributed by atoms with Crippen LogP contribution in [0.4, 0.5) is 0 Å². The molecule has 0 aromatic heterocycles. The highest BCUT2D eigenvalue weighted by atomic mass is 16.7. The van der Waals surface area contributed by atoms with Crippen molar-refractivity contribution in [2.45, 2.75) is 52.9 Å². The van der Waals surface area contributed by atoms with Gasteiger partial charge in [-0.1, -0.05) is 31.6 Å². The number of fused-ring (bicyclic) bond motifs is 1. The number of hydrogen-bond acceptors (Lipinski definition) is 3. The number of aryl methyl sites for hydroxylation is 1. The zero-order valence-electron chi connectivity index (χ0n) is 13.9. The van der Waals surface area contributed by atoms with Gasteiger partial charge in [-0.25, -0.2) is 0 Å². The van der Waals surface area contributed by atoms with Gasteiger partial charge in [-0.2, -0.15) is 0 Å². The van der Waals surface area contributed by atoms with E-state index in [0.29, 0.717) is 19.1 Å². The number of rotatable bonds is 8. The van der Waals surface area contributed by atoms with Crippen LogP contribution < -0.4 is 9.47 Å². The van der Waals surface area contributed by atoms with Gasteiger partial charge in [-0.3, -0.25) is 0 Å². The van der Waals surface area contributed by atoms with Crippen molar-refractivity contribution in [2.75, 3.05) is 6.79 Å². The van der Waals surface area contributed by atoms with Crippen LogP contribution in [0.5, 0.6) is 11.5 Å². The zero-order chi connectivity index (χ0) is 15.9. The van der Waals surface area contributed by atoms with Crippen LogP contribution in [0.2, 0.25) is 0 Å². The molecule has 120 valence electrons. The van der Waals surface area contributed by atoms with Crippen LogP contribution in [0.3, 0.4) is 0 Å². The van der Waals surface area contributed by atoms with Crippen LogP contribution in [0, 0.1) is 5.92 Å². The lowest BCUT2D eigenvalue weighted by atomic mass is 9.95. The molecule has 1 heterocycles. The molecule has 0 unspecified atom stereocenters. The monoisotopic (exact) mass is 302 g/mol. The lowest BCUT2D eigenvalue weighted by molar-refractivity contribution is -0.117. The normalized spacial score (nSPS) is 13.7. The molecule has 0 saturated carbocycles. The number of benzene rings is 1. The van der Waals surface area contributed by atoms with Crippen LogP contribution >= 0.6 is 0 Å². The Balaban J connectivity index is 1.86. The van der Waals surface area contributed by atoms with Gasteiger partial charge >= 0.3 is 0 Å². The number of ketones is 1. The summed E-state index contributed by atoms with van der Waals surface area (Å²) in [4.78, 5) is 11.0. The van der Waals surface area contributed by atoms with Gasteiger partial charge in [-0.05, 0) is 56.2 Å². The summed E-state index contributed by atoms with van der Waals surface area (Å²) in [6.45, 7) is 6.44. The summed E-state index contributed by atoms with van der Waals surface area (Å²) in [6.07, 6.45) is 7.04. The third-order valence-corrected chi connectivity index (χ3v) is 4.01. The highest BCUT2D eigenvalue weighted by Gasteiger charge is 2.12. The number of carbonyl (C=O) groups excluding carboxylic acids is 1. The average Bonchev–Trinajstić information content (AvgIpc) is 2.92. The Morgan fingerprint density at radius 2 is 2.00 bits per heavy atom. The van der Waals surface area contributed by atoms with Crippen molar-refractivity contribution in [2.24, 2.45) is 5.92 Å². The van der Waals surface area contributed by atoms with Crippen molar-refractivity contribution >= 4 is 5.78 Å². The maximum atomic E-state index is 11.0. The summed E-state index contributed by atoms with van der Waals surface area (Å²) < 4.78 is 10.7. The van der Waals surface area contributed by atoms with E-state index in [-0.39, 0.29) is 5.78 Å². The molecular weight excluding hydrogens is 276 g/mol. The highest BCUT2D eigenvalue weighted by molar-refractivity contribution is 5.75. The van der Waals surface area contributed by atoms with Crippen molar-refractivity contribution in [1.82, 2.24) is 0 Å². The number of allylic oxidation sites excluding steroid dienone is 2. The Kier molecular flexibility index (Phi) is 6.05. The maximum Gasteiger partial charge on any atom is 0.231 e. The molecule has 0 N–H and O–H groups in total. The highest BCUT2D eigenvalue weighted by Crippen LogP contribution is 2.32. The second-order valence-electron chi connectivity index (χ2n) is 6.22. The topological polar surface area (TPSA) is 35.5 Å². The van der Waals surface area contributed by atoms with E-state index in [1.807, 2.05) is 6.07 Å². The molecule has 1 aliphatic heterocycles. The van der Waals surface area contributed by atoms with E-state index >= 15 is 0 Å². The Bertz CT molecular complexity index is 544. The second kappa shape index (κ2) is 8.02. The molecule has 1 aromatic carbocycles. The molecular formula is C19H26O3. The summed E-state index contributed by atoms with van der Waals surface area (Å²) in [5.74, 6) is 2.52. The molecule has 1 aliphatic rings. The van der Waals surface area contributed by atoms with Crippen LogP contribution in [-0.2, 0) is 11.2 Å². The second-order valence-corrected chi connectivity index (χ2v) is 6.22. The predicted octanol–water partition coefficient (Wildman–Crippen LogP) is 4.69. The molecule has 3 heteroatoms. The summed E-state index contributed by atoms with van der Waals surface area (Å²) >= 11 is 0. The first kappa shape index (κ1) is 16.6. The van der Waals surface area contributed by atoms with Crippen molar-refractivity contribution in [1.29, 1.82) is 0 Å². The van der Waals surface area contributed by atoms with Gasteiger partial charge in [0.15, 0.2) is 11.5 Å². The first-order chi connectivity index (χ1) is 10.6. The van der Waals surface area contributed by atoms with E-state index in [4.69, 9.17) is 9.47 Å². The first-order valence-electron chi connectivity index (χ1n) is 8.13. The Morgan fingerprint density at radius 1 is 1.23 bits per heavy atom. The van der Waals surface area contributed by atoms with E-state index in [0.717, 1.165) is 37.2 Å². The van der Waals surface area contributed by atoms with Gasteiger partial charge < -0.3 is 14.3 Å². The minimum atomic E-state index is 0.281. The van der Waals surface area contributed by atoms with Gasteiger partial charge in [0.1, 0.15) is 5.78 Å². The minimum absolute atomic E-state index is 0.281. The fourth-order valence-corrected chi connectivity index (χ4v) is 2.69. The fraction of sp³-hybridized carbons (Fsp3) is 0.526. The third-order valence-electron chi connectivity index (χ3n) is 4.01. The van der Waals surface area contributed by atoms with Crippen LogP contribution in [0.1, 0.15) is 52.0 Å². The Morgan fingerprint density at radius 3 is 2.73 bits per heavy atom. The van der Waals surface area contributed by atoms with E-state index in [2.05, 4.69) is 32.1 Å². The van der Waals surface area contributed by atoms with Gasteiger partial charge in [0.25, 0.3) is 0 Å². The van der Waals surface area contributed by atoms with Crippen LogP contribution in [-0.4, -0.2) is 12.6 Å². The van der Waals surface area contributed by atoms with E-state index in [1.54, 1.807) is 6.92 Å². The van der Waals surface area contributed by atoms with E-state index < -0.39 is 0 Å². The fourth-order valence-electron chi connectivity index (χ4n) is 2.69. The molecule has 22 heavy (non-hydrogen) atoms. The van der Waals surface area contributed by atoms with Crippen molar-refractivity contribution in [3.63, 3.8) is 0 Å². The van der Waals surface area contributed by atoms with Gasteiger partial charge in [0.2, 0.25) is 6.79 Å². The van der Waals surface area contributed by atoms with E-state index in [9.17, 15) is 4.79 Å². The van der Waals surface area contributed by atoms with E-state index in [1.165, 1.54) is 11.1 Å². The smallest absolute Gasteiger partial charge is 0.231 e. The largest absolute Gasteiger partial charge is 0.454 e. The van der Waals surface area contributed by atoms with Gasteiger partial charge in [-0.15, -0.1) is 0 Å². The molecule has 0 spiro atoms. The molecule has 0 saturated heterocycles. The summed E-state index contributed by atoms with van der Waals surface area (Å²) in [5.41, 5.74) is 2.73. The Labute approximate surface area is 133 Å². The first-order valence-corrected chi connectivity index (χ1v) is 8.13. The lowest BCUT2D eigenvalue weighted by Crippen LogP contribution is -1.97. The summed E-state index contributed by atoms with van der Waals surface area (Å²) in [7, 11) is 0. The molecule has 0 atom stereocenters. The van der Waals surface area contributed by atoms with Crippen LogP contribution in [0.15, 0.2) is 29.8 Å². The lowest BCUT2D eigenvalue weighted by Gasteiger charge is -2.11. The molecule has 0 aliphatic carbocycles. The molecule has 0 radical (unpaired) electrons. The number of carbonyl (C=O) groups is 1. The summed E-state index contributed by atoms with van der Waals surface area (Å²) in [5, 5.41) is 0. The van der Waals surface area contributed by atoms with Gasteiger partial charge in [0, 0.05) is 6.42 Å². The SMILES string of the molecule is CC(=O)CCC/C(=C/CCc1ccc2c(c1)OCO2)C(C)C. The van der Waals surface area contributed by atoms with Crippen molar-refractivity contribution < 1.29 is 14.3 Å². The standard InChI is InChI=1S/C19H26O3/c1-14(2)17(8-4-6-15(3)20)9-5-7-16-10-11-18-19(12-16)22-13-21-18/h9-12,14H,4-8,13H2,1-3H3/b17-9-. The summed E-state index contributed by atoms with van der Waals surface area (Å²) in [6, 6.07) is 6.16. The number of hydrogen-bond donors (Lipinski definition) is 0. The minimum Gasteiger partial charge on any atom is -0.454 e. The third kappa shape index (κ3) is 4.90. The molecule has 0 amide bonds. The van der Waals surface area contributed by atoms with Crippen LogP contribution in [0.25, 0.3) is 0 Å². The molecule has 2 rings (SSSR count). The average molecular weight is 302 g/mol. The predicted molar refractivity (Wildman–Crippen MR) is 88.3 cm³/mol. The quantitative estimate of drug-likeness (QED) is 0.653. The zero-order valence-corrected chi connectivity index (χ0v) is 13.9. The maximum absolute atomic E-state index is 11.0. The molecule has 3 nitrogen and oxygen atoms in total. The van der Waals surface area contributed by atoms with Crippen molar-refractivity contribution in [3.8, 4) is 11.5 Å². The van der Waals surface area contributed by atoms with Crippen molar-refractivity contribution in [3.05, 3.63) is 35.4 Å².